The van der Waals surface area contributed by atoms with E-state index in [1.165, 1.54) is 0 Å². The Balaban J connectivity index is 4.10. The van der Waals surface area contributed by atoms with E-state index in [1.807, 2.05) is 13.8 Å². The second kappa shape index (κ2) is 7.02. The second-order valence-corrected chi connectivity index (χ2v) is 5.22. The summed E-state index contributed by atoms with van der Waals surface area (Å²) in [5, 5.41) is 0. The monoisotopic (exact) mass is 254 g/mol. The van der Waals surface area contributed by atoms with E-state index in [0.717, 1.165) is 0 Å². The van der Waals surface area contributed by atoms with Crippen molar-refractivity contribution < 1.29 is 19.1 Å². The van der Waals surface area contributed by atoms with Gasteiger partial charge >= 0.3 is 11.9 Å². The largest absolute Gasteiger partial charge is 0.461 e. The zero-order chi connectivity index (χ0) is 14.3. The van der Waals surface area contributed by atoms with Gasteiger partial charge in [0.05, 0.1) is 12.0 Å². The average Bonchev–Trinajstić information content (AvgIpc) is 2.14. The molecule has 0 aromatic heterocycles. The van der Waals surface area contributed by atoms with E-state index < -0.39 is 11.6 Å². The van der Waals surface area contributed by atoms with E-state index in [4.69, 9.17) is 9.47 Å². The normalized spacial score (nSPS) is 10.8. The Morgan fingerprint density at radius 1 is 1.28 bits per heavy atom. The molecule has 0 radical (unpaired) electrons. The van der Waals surface area contributed by atoms with E-state index in [-0.39, 0.29) is 24.9 Å². The van der Waals surface area contributed by atoms with E-state index in [2.05, 4.69) is 12.3 Å². The topological polar surface area (TPSA) is 52.6 Å². The summed E-state index contributed by atoms with van der Waals surface area (Å²) < 4.78 is 10.1. The molecule has 0 atom stereocenters. The highest BCUT2D eigenvalue weighted by Crippen LogP contribution is 2.11. The molecule has 0 fully saturated rings. The van der Waals surface area contributed by atoms with Crippen molar-refractivity contribution in [1.82, 2.24) is 0 Å². The molecule has 0 unspecified atom stereocenters. The van der Waals surface area contributed by atoms with Crippen molar-refractivity contribution in [2.24, 2.45) is 5.92 Å². The lowest BCUT2D eigenvalue weighted by Gasteiger charge is -2.19. The first-order valence-corrected chi connectivity index (χ1v) is 5.96. The summed E-state index contributed by atoms with van der Waals surface area (Å²) in [5.41, 5.74) is 2.42. The highest BCUT2D eigenvalue weighted by atomic mass is 16.6. The molecule has 0 amide bonds. The fraction of sp³-hybridized carbons (Fsp3) is 0.643. The van der Waals surface area contributed by atoms with Crippen molar-refractivity contribution in [2.45, 2.75) is 46.6 Å². The summed E-state index contributed by atoms with van der Waals surface area (Å²) in [7, 11) is 0. The Morgan fingerprint density at radius 3 is 2.22 bits per heavy atom. The predicted octanol–water partition coefficient (Wildman–Crippen LogP) is 2.63. The van der Waals surface area contributed by atoms with Gasteiger partial charge in [-0.25, -0.2) is 4.79 Å². The van der Waals surface area contributed by atoms with Gasteiger partial charge in [-0.05, 0) is 26.7 Å². The molecular weight excluding hydrogens is 232 g/mol. The zero-order valence-electron chi connectivity index (χ0n) is 11.8. The molecule has 0 aliphatic carbocycles. The van der Waals surface area contributed by atoms with Crippen LogP contribution in [0.1, 0.15) is 41.0 Å². The lowest BCUT2D eigenvalue weighted by atomic mass is 10.1. The molecule has 4 heteroatoms. The van der Waals surface area contributed by atoms with Crippen molar-refractivity contribution in [3.05, 3.63) is 17.9 Å². The predicted molar refractivity (Wildman–Crippen MR) is 68.9 cm³/mol. The Bertz CT molecular complexity index is 354. The standard InChI is InChI=1S/C14H22O4/c1-7-11(10(2)3)13(16)17-9-8-12(15)18-14(4,5)6/h10H,1,8-9H2,2-6H3. The Morgan fingerprint density at radius 2 is 1.83 bits per heavy atom. The molecule has 0 bridgehead atoms. The molecule has 18 heavy (non-hydrogen) atoms. The summed E-state index contributed by atoms with van der Waals surface area (Å²) in [6.45, 7) is 12.5. The number of ether oxygens (including phenoxy) is 2. The summed E-state index contributed by atoms with van der Waals surface area (Å²) in [6.07, 6.45) is 0.0472. The van der Waals surface area contributed by atoms with Gasteiger partial charge in [0.1, 0.15) is 12.2 Å². The van der Waals surface area contributed by atoms with E-state index >= 15 is 0 Å². The maximum atomic E-state index is 11.6. The lowest BCUT2D eigenvalue weighted by Crippen LogP contribution is -2.25. The third kappa shape index (κ3) is 6.92. The molecule has 0 spiro atoms. The Kier molecular flexibility index (Phi) is 6.42. The van der Waals surface area contributed by atoms with Gasteiger partial charge in [-0.2, -0.15) is 0 Å². The van der Waals surface area contributed by atoms with Crippen LogP contribution in [0.4, 0.5) is 0 Å². The SMILES string of the molecule is C=C=C(C(=O)OCCC(=O)OC(C)(C)C)C(C)C. The lowest BCUT2D eigenvalue weighted by molar-refractivity contribution is -0.157. The number of esters is 2. The van der Waals surface area contributed by atoms with Gasteiger partial charge in [0, 0.05) is 0 Å². The number of hydrogen-bond donors (Lipinski definition) is 0. The van der Waals surface area contributed by atoms with Crippen LogP contribution >= 0.6 is 0 Å². The van der Waals surface area contributed by atoms with Gasteiger partial charge < -0.3 is 9.47 Å². The van der Waals surface area contributed by atoms with Crippen LogP contribution in [0, 0.1) is 5.92 Å². The van der Waals surface area contributed by atoms with Crippen LogP contribution in [0.15, 0.2) is 17.9 Å². The number of hydrogen-bond acceptors (Lipinski definition) is 4. The van der Waals surface area contributed by atoms with Gasteiger partial charge in [0.25, 0.3) is 0 Å². The highest BCUT2D eigenvalue weighted by molar-refractivity contribution is 5.88. The van der Waals surface area contributed by atoms with E-state index in [1.54, 1.807) is 20.8 Å². The van der Waals surface area contributed by atoms with Crippen LogP contribution in [0.3, 0.4) is 0 Å². The average molecular weight is 254 g/mol. The summed E-state index contributed by atoms with van der Waals surface area (Å²) >= 11 is 0. The smallest absolute Gasteiger partial charge is 0.342 e. The van der Waals surface area contributed by atoms with Crippen molar-refractivity contribution in [3.63, 3.8) is 0 Å². The zero-order valence-corrected chi connectivity index (χ0v) is 11.8. The van der Waals surface area contributed by atoms with Gasteiger partial charge in [0.15, 0.2) is 0 Å². The first-order chi connectivity index (χ1) is 8.17. The number of carbonyl (C=O) groups excluding carboxylic acids is 2. The molecule has 102 valence electrons. The first kappa shape index (κ1) is 16.5. The van der Waals surface area contributed by atoms with Crippen LogP contribution in [-0.4, -0.2) is 24.1 Å². The maximum Gasteiger partial charge on any atom is 0.342 e. The molecular formula is C14H22O4. The van der Waals surface area contributed by atoms with Gasteiger partial charge in [0.2, 0.25) is 0 Å². The molecule has 0 saturated carbocycles. The van der Waals surface area contributed by atoms with Gasteiger partial charge in [-0.15, -0.1) is 5.73 Å². The molecule has 0 heterocycles. The van der Waals surface area contributed by atoms with Crippen LogP contribution in [0.2, 0.25) is 0 Å². The highest BCUT2D eigenvalue weighted by Gasteiger charge is 2.18. The van der Waals surface area contributed by atoms with Crippen molar-refractivity contribution in [3.8, 4) is 0 Å². The molecule has 0 N–H and O–H groups in total. The van der Waals surface area contributed by atoms with E-state index in [0.29, 0.717) is 5.57 Å². The molecule has 0 aromatic carbocycles. The van der Waals surface area contributed by atoms with Gasteiger partial charge in [-0.3, -0.25) is 4.79 Å². The van der Waals surface area contributed by atoms with Gasteiger partial charge in [-0.1, -0.05) is 20.4 Å². The third-order valence-corrected chi connectivity index (χ3v) is 1.95. The van der Waals surface area contributed by atoms with Crippen molar-refractivity contribution in [2.75, 3.05) is 6.61 Å². The number of rotatable bonds is 5. The Hall–Kier alpha value is -1.54. The number of carbonyl (C=O) groups is 2. The first-order valence-electron chi connectivity index (χ1n) is 5.96. The second-order valence-electron chi connectivity index (χ2n) is 5.22. The summed E-state index contributed by atoms with van der Waals surface area (Å²) in [4.78, 5) is 22.9. The molecule has 0 aromatic rings. The van der Waals surface area contributed by atoms with Crippen LogP contribution in [0.5, 0.6) is 0 Å². The van der Waals surface area contributed by atoms with Crippen LogP contribution in [0.25, 0.3) is 0 Å². The Labute approximate surface area is 109 Å². The fourth-order valence-electron chi connectivity index (χ4n) is 1.21. The van der Waals surface area contributed by atoms with Crippen molar-refractivity contribution in [1.29, 1.82) is 0 Å². The van der Waals surface area contributed by atoms with Crippen molar-refractivity contribution >= 4 is 11.9 Å². The maximum absolute atomic E-state index is 11.6. The summed E-state index contributed by atoms with van der Waals surface area (Å²) in [5.74, 6) is -0.871. The molecule has 0 saturated heterocycles. The third-order valence-electron chi connectivity index (χ3n) is 1.95. The molecule has 0 rings (SSSR count). The minimum atomic E-state index is -0.523. The van der Waals surface area contributed by atoms with Crippen LogP contribution in [-0.2, 0) is 19.1 Å². The van der Waals surface area contributed by atoms with Crippen LogP contribution < -0.4 is 0 Å². The quantitative estimate of drug-likeness (QED) is 0.430. The fourth-order valence-corrected chi connectivity index (χ4v) is 1.21. The molecule has 0 aliphatic heterocycles. The molecule has 0 aliphatic rings. The minimum Gasteiger partial charge on any atom is -0.461 e. The van der Waals surface area contributed by atoms with E-state index in [9.17, 15) is 9.59 Å². The summed E-state index contributed by atoms with van der Waals surface area (Å²) in [6, 6.07) is 0. The minimum absolute atomic E-state index is 0.00322. The molecule has 4 nitrogen and oxygen atoms in total.